The third-order valence-corrected chi connectivity index (χ3v) is 6.65. The van der Waals surface area contributed by atoms with E-state index in [1.165, 1.54) is 19.3 Å². The molecule has 1 N–H and O–H groups in total. The van der Waals surface area contributed by atoms with Crippen molar-refractivity contribution in [3.05, 3.63) is 82.4 Å². The molecule has 4 aromatic rings. The fourth-order valence-electron chi connectivity index (χ4n) is 4.94. The van der Waals surface area contributed by atoms with Crippen LogP contribution >= 0.6 is 0 Å². The summed E-state index contributed by atoms with van der Waals surface area (Å²) in [7, 11) is 0. The number of hydrogen-bond acceptors (Lipinski definition) is 4. The molecule has 0 bridgehead atoms. The van der Waals surface area contributed by atoms with E-state index in [1.807, 2.05) is 12.1 Å². The van der Waals surface area contributed by atoms with Crippen LogP contribution in [0.3, 0.4) is 0 Å². The zero-order valence-corrected chi connectivity index (χ0v) is 23.1. The number of benzene rings is 3. The summed E-state index contributed by atoms with van der Waals surface area (Å²) < 4.78 is 0. The lowest BCUT2D eigenvalue weighted by molar-refractivity contribution is 0.475. The molecule has 0 spiro atoms. The van der Waals surface area contributed by atoms with E-state index < -0.39 is 0 Å². The normalized spacial score (nSPS) is 11.3. The van der Waals surface area contributed by atoms with Gasteiger partial charge in [-0.1, -0.05) is 73.6 Å². The molecule has 0 atom stereocenters. The van der Waals surface area contributed by atoms with Gasteiger partial charge in [0.25, 0.3) is 0 Å². The van der Waals surface area contributed by atoms with Gasteiger partial charge < -0.3 is 5.11 Å². The molecule has 0 fully saturated rings. The van der Waals surface area contributed by atoms with Crippen molar-refractivity contribution in [1.29, 1.82) is 0 Å². The van der Waals surface area contributed by atoms with Crippen molar-refractivity contribution in [2.45, 2.75) is 73.6 Å². The molecule has 0 saturated heterocycles. The molecule has 0 saturated carbocycles. The topological polar surface area (TPSA) is 58.9 Å². The molecule has 0 aliphatic carbocycles. The smallest absolute Gasteiger partial charge is 0.167 e. The summed E-state index contributed by atoms with van der Waals surface area (Å²) in [5.74, 6) is 2.67. The highest BCUT2D eigenvalue weighted by Gasteiger charge is 2.16. The first kappa shape index (κ1) is 26.5. The monoisotopic (exact) mass is 493 g/mol. The summed E-state index contributed by atoms with van der Waals surface area (Å²) in [5, 5.41) is 11.0. The minimum Gasteiger partial charge on any atom is -0.507 e. The third-order valence-electron chi connectivity index (χ3n) is 6.65. The Balaban J connectivity index is 1.71. The van der Waals surface area contributed by atoms with Gasteiger partial charge in [0.1, 0.15) is 5.75 Å². The fraction of sp³-hybridized carbons (Fsp3) is 0.364. The second-order valence-electron chi connectivity index (χ2n) is 10.9. The molecule has 0 radical (unpaired) electrons. The zero-order chi connectivity index (χ0) is 26.5. The van der Waals surface area contributed by atoms with E-state index in [2.05, 4.69) is 84.0 Å². The number of aromatic hydroxyl groups is 1. The van der Waals surface area contributed by atoms with Crippen LogP contribution in [0.15, 0.2) is 54.6 Å². The first-order valence-corrected chi connectivity index (χ1v) is 13.4. The van der Waals surface area contributed by atoms with E-state index in [9.17, 15) is 5.11 Å². The van der Waals surface area contributed by atoms with Gasteiger partial charge in [-0.15, -0.1) is 0 Å². The van der Waals surface area contributed by atoms with Crippen molar-refractivity contribution >= 4 is 0 Å². The SMILES string of the molecule is Cc1cc(C)cc(-c2nc(-c3cc(C)cc(C)c3)nc(-c3ccc(CCCCCC(C)C)cc3O)n2)c1. The molecule has 0 aliphatic heterocycles. The Morgan fingerprint density at radius 2 is 1.14 bits per heavy atom. The van der Waals surface area contributed by atoms with Crippen molar-refractivity contribution in [3.8, 4) is 39.9 Å². The Morgan fingerprint density at radius 1 is 0.622 bits per heavy atom. The number of hydrogen-bond donors (Lipinski definition) is 1. The highest BCUT2D eigenvalue weighted by atomic mass is 16.3. The van der Waals surface area contributed by atoms with E-state index in [1.54, 1.807) is 0 Å². The van der Waals surface area contributed by atoms with E-state index in [-0.39, 0.29) is 5.75 Å². The minimum atomic E-state index is 0.212. The number of phenolic OH excluding ortho intramolecular Hbond substituents is 1. The quantitative estimate of drug-likeness (QED) is 0.237. The van der Waals surface area contributed by atoms with Gasteiger partial charge in [0.15, 0.2) is 17.5 Å². The Labute approximate surface area is 221 Å². The summed E-state index contributed by atoms with van der Waals surface area (Å²) in [4.78, 5) is 14.6. The first-order chi connectivity index (χ1) is 17.7. The number of rotatable bonds is 9. The van der Waals surface area contributed by atoms with Gasteiger partial charge in [-0.3, -0.25) is 0 Å². The molecule has 1 heterocycles. The van der Waals surface area contributed by atoms with E-state index >= 15 is 0 Å². The largest absolute Gasteiger partial charge is 0.507 e. The zero-order valence-electron chi connectivity index (χ0n) is 23.1. The molecular weight excluding hydrogens is 454 g/mol. The molecule has 1 aromatic heterocycles. The summed E-state index contributed by atoms with van der Waals surface area (Å²) in [6.07, 6.45) is 5.84. The second kappa shape index (κ2) is 11.7. The lowest BCUT2D eigenvalue weighted by Crippen LogP contribution is -2.01. The van der Waals surface area contributed by atoms with Crippen molar-refractivity contribution in [1.82, 2.24) is 15.0 Å². The maximum absolute atomic E-state index is 11.0. The first-order valence-electron chi connectivity index (χ1n) is 13.4. The lowest BCUT2D eigenvalue weighted by Gasteiger charge is -2.12. The van der Waals surface area contributed by atoms with Crippen LogP contribution in [0.25, 0.3) is 34.2 Å². The second-order valence-corrected chi connectivity index (χ2v) is 10.9. The van der Waals surface area contributed by atoms with E-state index in [0.717, 1.165) is 57.7 Å². The van der Waals surface area contributed by atoms with Crippen molar-refractivity contribution in [2.75, 3.05) is 0 Å². The Hall–Kier alpha value is -3.53. The van der Waals surface area contributed by atoms with Gasteiger partial charge in [-0.25, -0.2) is 15.0 Å². The Bertz CT molecular complexity index is 1280. The van der Waals surface area contributed by atoms with Gasteiger partial charge in [0.2, 0.25) is 0 Å². The average molecular weight is 494 g/mol. The predicted molar refractivity (Wildman–Crippen MR) is 154 cm³/mol. The van der Waals surface area contributed by atoms with Crippen LogP contribution in [0.5, 0.6) is 5.75 Å². The highest BCUT2D eigenvalue weighted by molar-refractivity contribution is 5.70. The van der Waals surface area contributed by atoms with Gasteiger partial charge in [-0.2, -0.15) is 0 Å². The van der Waals surface area contributed by atoms with E-state index in [4.69, 9.17) is 15.0 Å². The van der Waals surface area contributed by atoms with Crippen LogP contribution in [0.4, 0.5) is 0 Å². The van der Waals surface area contributed by atoms with Crippen LogP contribution in [0.2, 0.25) is 0 Å². The maximum Gasteiger partial charge on any atom is 0.167 e. The van der Waals surface area contributed by atoms with Crippen LogP contribution < -0.4 is 0 Å². The molecule has 4 heteroatoms. The van der Waals surface area contributed by atoms with Gasteiger partial charge in [0.05, 0.1) is 5.56 Å². The maximum atomic E-state index is 11.0. The number of nitrogens with zero attached hydrogens (tertiary/aromatic N) is 3. The number of aryl methyl sites for hydroxylation is 5. The van der Waals surface area contributed by atoms with Crippen molar-refractivity contribution < 1.29 is 5.11 Å². The molecule has 0 unspecified atom stereocenters. The summed E-state index contributed by atoms with van der Waals surface area (Å²) >= 11 is 0. The number of phenols is 1. The Kier molecular flexibility index (Phi) is 8.38. The standard InChI is InChI=1S/C33H39N3O/c1-21(2)10-8-7-9-11-26-12-13-29(30(37)20-26)33-35-31(27-16-22(3)14-23(4)17-27)34-32(36-33)28-18-24(5)15-25(6)19-28/h12-21,37H,7-11H2,1-6H3. The third kappa shape index (κ3) is 7.03. The molecule has 0 amide bonds. The summed E-state index contributed by atoms with van der Waals surface area (Å²) in [6.45, 7) is 12.9. The molecular formula is C33H39N3O. The number of aromatic nitrogens is 3. The Morgan fingerprint density at radius 3 is 1.62 bits per heavy atom. The van der Waals surface area contributed by atoms with Gasteiger partial charge >= 0.3 is 0 Å². The summed E-state index contributed by atoms with van der Waals surface area (Å²) in [6, 6.07) is 18.6. The number of unbranched alkanes of at least 4 members (excludes halogenated alkanes) is 2. The molecule has 37 heavy (non-hydrogen) atoms. The highest BCUT2D eigenvalue weighted by Crippen LogP contribution is 2.32. The molecule has 0 aliphatic rings. The van der Waals surface area contributed by atoms with Crippen molar-refractivity contribution in [3.63, 3.8) is 0 Å². The summed E-state index contributed by atoms with van der Waals surface area (Å²) in [5.41, 5.74) is 8.30. The van der Waals surface area contributed by atoms with Gasteiger partial charge in [-0.05, 0) is 88.4 Å². The fourth-order valence-corrected chi connectivity index (χ4v) is 4.94. The predicted octanol–water partition coefficient (Wildman–Crippen LogP) is 8.57. The van der Waals surface area contributed by atoms with Crippen LogP contribution in [-0.2, 0) is 6.42 Å². The van der Waals surface area contributed by atoms with E-state index in [0.29, 0.717) is 23.0 Å². The molecule has 4 nitrogen and oxygen atoms in total. The van der Waals surface area contributed by atoms with Crippen LogP contribution in [0, 0.1) is 33.6 Å². The molecule has 4 rings (SSSR count). The molecule has 192 valence electrons. The van der Waals surface area contributed by atoms with Crippen molar-refractivity contribution in [2.24, 2.45) is 5.92 Å². The molecule has 3 aromatic carbocycles. The van der Waals surface area contributed by atoms with Crippen LogP contribution in [-0.4, -0.2) is 20.1 Å². The minimum absolute atomic E-state index is 0.212. The van der Waals surface area contributed by atoms with Gasteiger partial charge in [0, 0.05) is 11.1 Å². The lowest BCUT2D eigenvalue weighted by atomic mass is 10.0. The van der Waals surface area contributed by atoms with Crippen LogP contribution in [0.1, 0.15) is 67.3 Å². The average Bonchev–Trinajstić information content (AvgIpc) is 2.82.